The summed E-state index contributed by atoms with van der Waals surface area (Å²) in [5.74, 6) is -3.64. The molecule has 1 aromatic heterocycles. The third kappa shape index (κ3) is 3.59. The highest BCUT2D eigenvalue weighted by molar-refractivity contribution is 6.04. The van der Waals surface area contributed by atoms with Crippen LogP contribution < -0.4 is 10.6 Å². The van der Waals surface area contributed by atoms with Gasteiger partial charge in [0.05, 0.1) is 5.56 Å². The topological polar surface area (TPSA) is 71.1 Å². The minimum absolute atomic E-state index is 0.221. The Bertz CT molecular complexity index is 687. The minimum Gasteiger partial charge on any atom is -0.326 e. The predicted octanol–water partition coefficient (Wildman–Crippen LogP) is 2.57. The average molecular weight is 291 g/mol. The molecule has 1 heterocycles. The van der Waals surface area contributed by atoms with E-state index in [1.165, 1.54) is 19.1 Å². The molecule has 0 aliphatic carbocycles. The Labute approximate surface area is 119 Å². The number of benzene rings is 1. The first kappa shape index (κ1) is 14.6. The number of pyridine rings is 1. The van der Waals surface area contributed by atoms with Crippen molar-refractivity contribution in [1.29, 1.82) is 0 Å². The summed E-state index contributed by atoms with van der Waals surface area (Å²) < 4.78 is 26.4. The van der Waals surface area contributed by atoms with Gasteiger partial charge in [-0.3, -0.25) is 9.59 Å². The van der Waals surface area contributed by atoms with Crippen molar-refractivity contribution in [3.8, 4) is 0 Å². The molecule has 2 rings (SSSR count). The van der Waals surface area contributed by atoms with Crippen LogP contribution in [0, 0.1) is 11.8 Å². The monoisotopic (exact) mass is 291 g/mol. The number of carbonyl (C=O) groups excluding carboxylic acids is 2. The van der Waals surface area contributed by atoms with Crippen molar-refractivity contribution in [3.63, 3.8) is 0 Å². The van der Waals surface area contributed by atoms with Crippen molar-refractivity contribution in [1.82, 2.24) is 4.98 Å². The smallest absolute Gasteiger partial charge is 0.258 e. The van der Waals surface area contributed by atoms with Gasteiger partial charge in [0.2, 0.25) is 11.9 Å². The molecular formula is C14H11F2N3O2. The second-order valence-corrected chi connectivity index (χ2v) is 4.18. The van der Waals surface area contributed by atoms with E-state index in [1.54, 1.807) is 12.1 Å². The lowest BCUT2D eigenvalue weighted by Crippen LogP contribution is -2.15. The zero-order valence-corrected chi connectivity index (χ0v) is 11.0. The van der Waals surface area contributed by atoms with Crippen LogP contribution in [-0.4, -0.2) is 16.8 Å². The molecule has 1 aromatic carbocycles. The summed E-state index contributed by atoms with van der Waals surface area (Å²) in [7, 11) is 0. The molecule has 2 aromatic rings. The Morgan fingerprint density at radius 2 is 1.57 bits per heavy atom. The summed E-state index contributed by atoms with van der Waals surface area (Å²) in [4.78, 5) is 25.8. The summed E-state index contributed by atoms with van der Waals surface area (Å²) in [6.07, 6.45) is 1.01. The zero-order valence-electron chi connectivity index (χ0n) is 11.0. The van der Waals surface area contributed by atoms with E-state index in [4.69, 9.17) is 0 Å². The second kappa shape index (κ2) is 6.08. The summed E-state index contributed by atoms with van der Waals surface area (Å²) in [5, 5.41) is 4.98. The van der Waals surface area contributed by atoms with Gasteiger partial charge in [0, 0.05) is 24.5 Å². The molecule has 2 amide bonds. The van der Waals surface area contributed by atoms with Crippen LogP contribution in [0.5, 0.6) is 0 Å². The lowest BCUT2D eigenvalue weighted by molar-refractivity contribution is -0.114. The number of nitrogens with zero attached hydrogens (tertiary/aromatic N) is 1. The fourth-order valence-electron chi connectivity index (χ4n) is 1.63. The summed E-state index contributed by atoms with van der Waals surface area (Å²) in [6, 6.07) is 7.28. The third-order valence-electron chi connectivity index (χ3n) is 2.55. The van der Waals surface area contributed by atoms with Gasteiger partial charge in [-0.15, -0.1) is 0 Å². The van der Waals surface area contributed by atoms with Gasteiger partial charge in [-0.25, -0.2) is 9.37 Å². The number of carbonyl (C=O) groups is 2. The van der Waals surface area contributed by atoms with Gasteiger partial charge >= 0.3 is 0 Å². The Hall–Kier alpha value is -2.83. The Morgan fingerprint density at radius 1 is 1.00 bits per heavy atom. The first-order valence-corrected chi connectivity index (χ1v) is 5.96. The number of rotatable bonds is 3. The second-order valence-electron chi connectivity index (χ2n) is 4.18. The molecule has 0 saturated carbocycles. The van der Waals surface area contributed by atoms with E-state index in [2.05, 4.69) is 15.6 Å². The molecule has 0 atom stereocenters. The van der Waals surface area contributed by atoms with E-state index in [9.17, 15) is 18.4 Å². The van der Waals surface area contributed by atoms with Gasteiger partial charge in [-0.1, -0.05) is 0 Å². The molecule has 7 heteroatoms. The van der Waals surface area contributed by atoms with Gasteiger partial charge in [0.15, 0.2) is 5.82 Å². The van der Waals surface area contributed by atoms with Crippen molar-refractivity contribution in [2.75, 3.05) is 10.6 Å². The standard InChI is InChI=1S/C14H11F2N3O2/c1-8(20)18-9-2-4-10(5-3-9)19-14(21)11-6-7-17-13(16)12(11)15/h2-7H,1H3,(H,18,20)(H,19,21). The van der Waals surface area contributed by atoms with E-state index in [1.807, 2.05) is 0 Å². The van der Waals surface area contributed by atoms with E-state index in [0.717, 1.165) is 12.3 Å². The maximum absolute atomic E-state index is 13.4. The third-order valence-corrected chi connectivity index (χ3v) is 2.55. The van der Waals surface area contributed by atoms with Gasteiger partial charge in [0.1, 0.15) is 0 Å². The molecule has 108 valence electrons. The van der Waals surface area contributed by atoms with Crippen LogP contribution in [0.3, 0.4) is 0 Å². The number of hydrogen-bond donors (Lipinski definition) is 2. The van der Waals surface area contributed by atoms with Crippen LogP contribution in [0.15, 0.2) is 36.5 Å². The highest BCUT2D eigenvalue weighted by Crippen LogP contribution is 2.16. The first-order chi connectivity index (χ1) is 9.97. The quantitative estimate of drug-likeness (QED) is 0.854. The van der Waals surface area contributed by atoms with E-state index in [-0.39, 0.29) is 5.91 Å². The van der Waals surface area contributed by atoms with Crippen molar-refractivity contribution >= 4 is 23.2 Å². The highest BCUT2D eigenvalue weighted by Gasteiger charge is 2.16. The number of amides is 2. The summed E-state index contributed by atoms with van der Waals surface area (Å²) in [6.45, 7) is 1.37. The SMILES string of the molecule is CC(=O)Nc1ccc(NC(=O)c2ccnc(F)c2F)cc1. The molecule has 2 N–H and O–H groups in total. The molecule has 0 saturated heterocycles. The van der Waals surface area contributed by atoms with Crippen molar-refractivity contribution in [3.05, 3.63) is 53.9 Å². The normalized spacial score (nSPS) is 10.0. The molecule has 0 aliphatic heterocycles. The van der Waals surface area contributed by atoms with Crippen molar-refractivity contribution in [2.45, 2.75) is 6.92 Å². The van der Waals surface area contributed by atoms with Gasteiger partial charge in [-0.05, 0) is 30.3 Å². The number of aromatic nitrogens is 1. The summed E-state index contributed by atoms with van der Waals surface area (Å²) in [5.41, 5.74) is 0.501. The predicted molar refractivity (Wildman–Crippen MR) is 72.9 cm³/mol. The minimum atomic E-state index is -1.33. The fraction of sp³-hybridized carbons (Fsp3) is 0.0714. The first-order valence-electron chi connectivity index (χ1n) is 5.96. The van der Waals surface area contributed by atoms with Crippen molar-refractivity contribution < 1.29 is 18.4 Å². The maximum Gasteiger partial charge on any atom is 0.258 e. The van der Waals surface area contributed by atoms with Crippen LogP contribution >= 0.6 is 0 Å². The molecule has 0 unspecified atom stereocenters. The van der Waals surface area contributed by atoms with Crippen LogP contribution in [-0.2, 0) is 4.79 Å². The Morgan fingerprint density at radius 3 is 2.14 bits per heavy atom. The molecule has 0 bridgehead atoms. The van der Waals surface area contributed by atoms with Gasteiger partial charge in [0.25, 0.3) is 5.91 Å². The molecule has 21 heavy (non-hydrogen) atoms. The summed E-state index contributed by atoms with van der Waals surface area (Å²) >= 11 is 0. The molecule has 0 aliphatic rings. The molecule has 0 fully saturated rings. The van der Waals surface area contributed by atoms with E-state index in [0.29, 0.717) is 11.4 Å². The van der Waals surface area contributed by atoms with Crippen LogP contribution in [0.1, 0.15) is 17.3 Å². The van der Waals surface area contributed by atoms with E-state index >= 15 is 0 Å². The van der Waals surface area contributed by atoms with Crippen molar-refractivity contribution in [2.24, 2.45) is 0 Å². The van der Waals surface area contributed by atoms with Crippen LogP contribution in [0.25, 0.3) is 0 Å². The number of nitrogens with one attached hydrogen (secondary N) is 2. The number of hydrogen-bond acceptors (Lipinski definition) is 3. The lowest BCUT2D eigenvalue weighted by atomic mass is 10.2. The van der Waals surface area contributed by atoms with E-state index < -0.39 is 23.2 Å². The lowest BCUT2D eigenvalue weighted by Gasteiger charge is -2.07. The molecular weight excluding hydrogens is 280 g/mol. The zero-order chi connectivity index (χ0) is 15.4. The average Bonchev–Trinajstić information content (AvgIpc) is 2.43. The highest BCUT2D eigenvalue weighted by atomic mass is 19.2. The van der Waals surface area contributed by atoms with Gasteiger partial charge < -0.3 is 10.6 Å². The molecule has 0 radical (unpaired) electrons. The Kier molecular flexibility index (Phi) is 4.22. The van der Waals surface area contributed by atoms with Crippen LogP contribution in [0.2, 0.25) is 0 Å². The molecule has 0 spiro atoms. The fourth-order valence-corrected chi connectivity index (χ4v) is 1.63. The van der Waals surface area contributed by atoms with Gasteiger partial charge in [-0.2, -0.15) is 4.39 Å². The Balaban J connectivity index is 2.12. The number of anilines is 2. The largest absolute Gasteiger partial charge is 0.326 e. The number of halogens is 2. The molecule has 5 nitrogen and oxygen atoms in total. The van der Waals surface area contributed by atoms with Crippen LogP contribution in [0.4, 0.5) is 20.2 Å². The maximum atomic E-state index is 13.4.